The Balaban J connectivity index is 2.08. The van der Waals surface area contributed by atoms with Gasteiger partial charge < -0.3 is 5.73 Å². The molecule has 2 unspecified atom stereocenters. The smallest absolute Gasteiger partial charge is 0.234 e. The molecule has 0 spiro atoms. The van der Waals surface area contributed by atoms with Gasteiger partial charge in [0, 0.05) is 17.9 Å². The Morgan fingerprint density at radius 2 is 1.89 bits per heavy atom. The zero-order chi connectivity index (χ0) is 14.0. The minimum Gasteiger partial charge on any atom is -0.328 e. The summed E-state index contributed by atoms with van der Waals surface area (Å²) in [6.07, 6.45) is 3.35. The number of nitrogens with zero attached hydrogens (tertiary/aromatic N) is 4. The van der Waals surface area contributed by atoms with Crippen LogP contribution in [0.25, 0.3) is 4.96 Å². The van der Waals surface area contributed by atoms with Crippen LogP contribution in [0.15, 0.2) is 0 Å². The molecule has 2 heterocycles. The highest BCUT2D eigenvalue weighted by molar-refractivity contribution is 7.16. The Labute approximate surface area is 118 Å². The Bertz CT molecular complexity index is 528. The summed E-state index contributed by atoms with van der Waals surface area (Å²) in [5.41, 5.74) is 5.78. The van der Waals surface area contributed by atoms with Crippen molar-refractivity contribution >= 4 is 16.3 Å². The molecule has 5 nitrogen and oxygen atoms in total. The van der Waals surface area contributed by atoms with E-state index in [1.165, 1.54) is 0 Å². The van der Waals surface area contributed by atoms with E-state index in [1.54, 1.807) is 11.3 Å². The summed E-state index contributed by atoms with van der Waals surface area (Å²) in [6.45, 7) is 8.51. The quantitative estimate of drug-likeness (QED) is 0.884. The van der Waals surface area contributed by atoms with Gasteiger partial charge in [-0.1, -0.05) is 38.5 Å². The second-order valence-corrected chi connectivity index (χ2v) is 6.64. The minimum atomic E-state index is 0.289. The monoisotopic (exact) mass is 281 g/mol. The molecule has 0 amide bonds. The summed E-state index contributed by atoms with van der Waals surface area (Å²) in [6, 6.07) is 0.289. The maximum Gasteiger partial charge on any atom is 0.234 e. The van der Waals surface area contributed by atoms with Crippen LogP contribution in [0.2, 0.25) is 0 Å². The van der Waals surface area contributed by atoms with Gasteiger partial charge in [0.15, 0.2) is 5.82 Å². The summed E-state index contributed by atoms with van der Waals surface area (Å²) in [5.74, 6) is 1.75. The first-order valence-electron chi connectivity index (χ1n) is 6.96. The van der Waals surface area contributed by atoms with Crippen LogP contribution in [0.1, 0.15) is 69.6 Å². The average molecular weight is 281 g/mol. The van der Waals surface area contributed by atoms with Crippen molar-refractivity contribution in [1.29, 1.82) is 0 Å². The first kappa shape index (κ1) is 14.4. The van der Waals surface area contributed by atoms with E-state index in [-0.39, 0.29) is 6.04 Å². The minimum absolute atomic E-state index is 0.289. The van der Waals surface area contributed by atoms with Crippen LogP contribution in [0.3, 0.4) is 0 Å². The van der Waals surface area contributed by atoms with Crippen LogP contribution in [0.5, 0.6) is 0 Å². The zero-order valence-corrected chi connectivity index (χ0v) is 12.9. The number of fused-ring (bicyclic) bond motifs is 1. The van der Waals surface area contributed by atoms with Gasteiger partial charge in [0.1, 0.15) is 5.01 Å². The second-order valence-electron chi connectivity index (χ2n) is 5.66. The summed E-state index contributed by atoms with van der Waals surface area (Å²) in [7, 11) is 0. The first-order valence-corrected chi connectivity index (χ1v) is 7.78. The van der Waals surface area contributed by atoms with E-state index in [9.17, 15) is 0 Å². The molecule has 106 valence electrons. The highest BCUT2D eigenvalue weighted by Crippen LogP contribution is 2.27. The van der Waals surface area contributed by atoms with Crippen molar-refractivity contribution in [2.75, 3.05) is 0 Å². The summed E-state index contributed by atoms with van der Waals surface area (Å²) < 4.78 is 1.90. The molecule has 0 aliphatic carbocycles. The number of aromatic nitrogens is 4. The Morgan fingerprint density at radius 1 is 1.16 bits per heavy atom. The van der Waals surface area contributed by atoms with Crippen LogP contribution in [-0.4, -0.2) is 25.9 Å². The lowest BCUT2D eigenvalue weighted by Gasteiger charge is -2.08. The van der Waals surface area contributed by atoms with Crippen LogP contribution in [0.4, 0.5) is 0 Å². The SMILES string of the molecule is CC(N)CCCC(C)c1nn2c(C(C)C)nnc2s1. The van der Waals surface area contributed by atoms with Gasteiger partial charge >= 0.3 is 0 Å². The van der Waals surface area contributed by atoms with Gasteiger partial charge in [-0.05, 0) is 19.8 Å². The molecule has 6 heteroatoms. The fraction of sp³-hybridized carbons (Fsp3) is 0.769. The molecule has 0 saturated carbocycles. The van der Waals surface area contributed by atoms with Crippen LogP contribution in [0, 0.1) is 0 Å². The van der Waals surface area contributed by atoms with E-state index in [1.807, 2.05) is 4.52 Å². The van der Waals surface area contributed by atoms with Crippen molar-refractivity contribution in [2.45, 2.75) is 64.8 Å². The van der Waals surface area contributed by atoms with Gasteiger partial charge in [0.05, 0.1) is 0 Å². The van der Waals surface area contributed by atoms with E-state index >= 15 is 0 Å². The maximum absolute atomic E-state index is 5.78. The third-order valence-corrected chi connectivity index (χ3v) is 4.40. The number of hydrogen-bond acceptors (Lipinski definition) is 5. The predicted molar refractivity (Wildman–Crippen MR) is 78.7 cm³/mol. The van der Waals surface area contributed by atoms with Crippen molar-refractivity contribution in [3.8, 4) is 0 Å². The van der Waals surface area contributed by atoms with Crippen LogP contribution < -0.4 is 5.73 Å². The molecule has 0 aromatic carbocycles. The van der Waals surface area contributed by atoms with Crippen molar-refractivity contribution in [3.05, 3.63) is 10.8 Å². The first-order chi connectivity index (χ1) is 8.99. The molecule has 2 aromatic heterocycles. The Kier molecular flexibility index (Phi) is 4.52. The van der Waals surface area contributed by atoms with E-state index < -0.39 is 0 Å². The summed E-state index contributed by atoms with van der Waals surface area (Å²) >= 11 is 1.65. The topological polar surface area (TPSA) is 69.1 Å². The molecule has 2 atom stereocenters. The highest BCUT2D eigenvalue weighted by Gasteiger charge is 2.17. The Morgan fingerprint density at radius 3 is 2.53 bits per heavy atom. The molecular formula is C13H23N5S. The van der Waals surface area contributed by atoms with Gasteiger partial charge in [0.25, 0.3) is 0 Å². The number of nitrogens with two attached hydrogens (primary N) is 1. The molecule has 0 saturated heterocycles. The van der Waals surface area contributed by atoms with Gasteiger partial charge in [-0.25, -0.2) is 0 Å². The van der Waals surface area contributed by atoms with E-state index in [0.717, 1.165) is 35.1 Å². The Hall–Kier alpha value is -1.01. The van der Waals surface area contributed by atoms with Crippen molar-refractivity contribution in [1.82, 2.24) is 19.8 Å². The molecule has 0 aliphatic rings. The third kappa shape index (κ3) is 3.30. The molecule has 0 radical (unpaired) electrons. The van der Waals surface area contributed by atoms with Gasteiger partial charge in [-0.2, -0.15) is 9.61 Å². The normalized spacial score (nSPS) is 15.3. The molecular weight excluding hydrogens is 258 g/mol. The highest BCUT2D eigenvalue weighted by atomic mass is 32.1. The lowest BCUT2D eigenvalue weighted by Crippen LogP contribution is -2.14. The van der Waals surface area contributed by atoms with Crippen LogP contribution in [-0.2, 0) is 0 Å². The molecule has 2 rings (SSSR count). The van der Waals surface area contributed by atoms with E-state index in [4.69, 9.17) is 5.73 Å². The molecule has 0 bridgehead atoms. The molecule has 19 heavy (non-hydrogen) atoms. The van der Waals surface area contributed by atoms with Crippen molar-refractivity contribution in [2.24, 2.45) is 5.73 Å². The van der Waals surface area contributed by atoms with E-state index in [0.29, 0.717) is 11.8 Å². The van der Waals surface area contributed by atoms with Crippen molar-refractivity contribution in [3.63, 3.8) is 0 Å². The van der Waals surface area contributed by atoms with Gasteiger partial charge in [0.2, 0.25) is 4.96 Å². The van der Waals surface area contributed by atoms with Crippen LogP contribution >= 0.6 is 11.3 Å². The zero-order valence-electron chi connectivity index (χ0n) is 12.1. The molecule has 2 aromatic rings. The standard InChI is InChI=1S/C13H23N5S/c1-8(2)11-15-16-13-18(11)17-12(19-13)9(3)6-5-7-10(4)14/h8-10H,5-7,14H2,1-4H3. The lowest BCUT2D eigenvalue weighted by atomic mass is 10.0. The number of hydrogen-bond donors (Lipinski definition) is 1. The molecule has 2 N–H and O–H groups in total. The van der Waals surface area contributed by atoms with Gasteiger partial charge in [-0.3, -0.25) is 0 Å². The molecule has 0 fully saturated rings. The van der Waals surface area contributed by atoms with E-state index in [2.05, 4.69) is 43.0 Å². The second kappa shape index (κ2) is 5.96. The third-order valence-electron chi connectivity index (χ3n) is 3.27. The number of rotatable bonds is 6. The van der Waals surface area contributed by atoms with Gasteiger partial charge in [-0.15, -0.1) is 10.2 Å². The fourth-order valence-electron chi connectivity index (χ4n) is 2.08. The maximum atomic E-state index is 5.78. The van der Waals surface area contributed by atoms with Crippen molar-refractivity contribution < 1.29 is 0 Å². The average Bonchev–Trinajstić information content (AvgIpc) is 2.86. The fourth-order valence-corrected chi connectivity index (χ4v) is 3.01. The molecule has 0 aliphatic heterocycles. The largest absolute Gasteiger partial charge is 0.328 e. The summed E-state index contributed by atoms with van der Waals surface area (Å²) in [5, 5.41) is 14.2. The predicted octanol–water partition coefficient (Wildman–Crippen LogP) is 2.93. The lowest BCUT2D eigenvalue weighted by molar-refractivity contribution is 0.551. The summed E-state index contributed by atoms with van der Waals surface area (Å²) in [4.78, 5) is 0.901.